The van der Waals surface area contributed by atoms with Crippen LogP contribution in [0.2, 0.25) is 0 Å². The average Bonchev–Trinajstić information content (AvgIpc) is 2.25. The molecule has 0 aromatic carbocycles. The van der Waals surface area contributed by atoms with Crippen LogP contribution in [0.4, 0.5) is 0 Å². The lowest BCUT2D eigenvalue weighted by molar-refractivity contribution is 0.584. The predicted octanol–water partition coefficient (Wildman–Crippen LogP) is -0.546. The number of aliphatic imine (C=N–C) groups is 1. The van der Waals surface area contributed by atoms with Gasteiger partial charge in [0.15, 0.2) is 5.96 Å². The first-order valence-electron chi connectivity index (χ1n) is 5.37. The summed E-state index contributed by atoms with van der Waals surface area (Å²) in [7, 11) is -1.36. The van der Waals surface area contributed by atoms with E-state index in [0.717, 1.165) is 30.9 Å². The van der Waals surface area contributed by atoms with Crippen LogP contribution in [0.25, 0.3) is 0 Å². The summed E-state index contributed by atoms with van der Waals surface area (Å²) in [5, 5.41) is 6.27. The molecule has 0 heterocycles. The number of nitrogens with zero attached hydrogens (tertiary/aromatic N) is 1. The van der Waals surface area contributed by atoms with E-state index in [1.54, 1.807) is 18.8 Å². The van der Waals surface area contributed by atoms with Crippen LogP contribution in [0.15, 0.2) is 4.99 Å². The standard InChI is InChI=1S/C9H22N4O2S2/c1-10-9(12-7-8-16-2)11-5-4-6-13-17(3,14)15/h13H,4-8H2,1-3H3,(H2,10,11,12). The topological polar surface area (TPSA) is 82.6 Å². The Balaban J connectivity index is 3.57. The molecule has 8 heteroatoms. The average molecular weight is 282 g/mol. The van der Waals surface area contributed by atoms with Crippen LogP contribution in [0.5, 0.6) is 0 Å². The van der Waals surface area contributed by atoms with E-state index < -0.39 is 10.0 Å². The molecule has 0 amide bonds. The van der Waals surface area contributed by atoms with Gasteiger partial charge in [0.05, 0.1) is 6.26 Å². The SMILES string of the molecule is CN=C(NCCCNS(C)(=O)=O)NCCSC. The highest BCUT2D eigenvalue weighted by Gasteiger charge is 1.99. The van der Waals surface area contributed by atoms with Crippen molar-refractivity contribution in [1.29, 1.82) is 0 Å². The van der Waals surface area contributed by atoms with Crippen molar-refractivity contribution < 1.29 is 8.42 Å². The van der Waals surface area contributed by atoms with Gasteiger partial charge in [0, 0.05) is 32.4 Å². The normalized spacial score (nSPS) is 12.5. The Morgan fingerprint density at radius 2 is 1.88 bits per heavy atom. The fourth-order valence-corrected chi connectivity index (χ4v) is 1.87. The number of thioether (sulfide) groups is 1. The van der Waals surface area contributed by atoms with E-state index >= 15 is 0 Å². The maximum atomic E-state index is 10.8. The quantitative estimate of drug-likeness (QED) is 0.316. The Morgan fingerprint density at radius 3 is 2.41 bits per heavy atom. The lowest BCUT2D eigenvalue weighted by atomic mass is 10.4. The summed E-state index contributed by atoms with van der Waals surface area (Å²) >= 11 is 1.77. The van der Waals surface area contributed by atoms with Crippen molar-refractivity contribution in [3.05, 3.63) is 0 Å². The number of sulfonamides is 1. The molecule has 0 aromatic rings. The Bertz CT molecular complexity index is 317. The van der Waals surface area contributed by atoms with Gasteiger partial charge in [0.25, 0.3) is 0 Å². The van der Waals surface area contributed by atoms with Gasteiger partial charge in [-0.1, -0.05) is 0 Å². The molecular weight excluding hydrogens is 260 g/mol. The Hall–Kier alpha value is -0.470. The zero-order valence-corrected chi connectivity index (χ0v) is 12.2. The largest absolute Gasteiger partial charge is 0.356 e. The van der Waals surface area contributed by atoms with Gasteiger partial charge in [-0.2, -0.15) is 11.8 Å². The van der Waals surface area contributed by atoms with Gasteiger partial charge in [-0.15, -0.1) is 0 Å². The van der Waals surface area contributed by atoms with Crippen LogP contribution in [0, 0.1) is 0 Å². The fraction of sp³-hybridized carbons (Fsp3) is 0.889. The highest BCUT2D eigenvalue weighted by molar-refractivity contribution is 7.98. The van der Waals surface area contributed by atoms with Crippen LogP contribution in [-0.2, 0) is 10.0 Å². The Morgan fingerprint density at radius 1 is 1.24 bits per heavy atom. The molecule has 0 aromatic heterocycles. The van der Waals surface area contributed by atoms with Crippen molar-refractivity contribution in [2.45, 2.75) is 6.42 Å². The molecule has 6 nitrogen and oxygen atoms in total. The van der Waals surface area contributed by atoms with Crippen LogP contribution in [0.1, 0.15) is 6.42 Å². The van der Waals surface area contributed by atoms with Crippen molar-refractivity contribution in [2.24, 2.45) is 4.99 Å². The number of rotatable bonds is 8. The lowest BCUT2D eigenvalue weighted by Gasteiger charge is -2.11. The first-order chi connectivity index (χ1) is 7.99. The molecule has 0 unspecified atom stereocenters. The van der Waals surface area contributed by atoms with E-state index in [4.69, 9.17) is 0 Å². The molecule has 0 atom stereocenters. The molecule has 0 saturated carbocycles. The molecule has 0 fully saturated rings. The number of hydrogen-bond acceptors (Lipinski definition) is 4. The van der Waals surface area contributed by atoms with Gasteiger partial charge < -0.3 is 10.6 Å². The first-order valence-corrected chi connectivity index (χ1v) is 8.66. The van der Waals surface area contributed by atoms with E-state index in [9.17, 15) is 8.42 Å². The third-order valence-corrected chi connectivity index (χ3v) is 3.17. The van der Waals surface area contributed by atoms with Crippen molar-refractivity contribution in [3.63, 3.8) is 0 Å². The molecule has 3 N–H and O–H groups in total. The molecule has 0 aliphatic carbocycles. The smallest absolute Gasteiger partial charge is 0.208 e. The van der Waals surface area contributed by atoms with Gasteiger partial charge in [-0.05, 0) is 12.7 Å². The summed E-state index contributed by atoms with van der Waals surface area (Å²) in [4.78, 5) is 4.05. The third-order valence-electron chi connectivity index (χ3n) is 1.83. The minimum absolute atomic E-state index is 0.438. The summed E-state index contributed by atoms with van der Waals surface area (Å²) in [5.74, 6) is 1.77. The second-order valence-corrected chi connectivity index (χ2v) is 6.26. The second-order valence-electron chi connectivity index (χ2n) is 3.44. The molecule has 17 heavy (non-hydrogen) atoms. The molecule has 102 valence electrons. The van der Waals surface area contributed by atoms with Crippen molar-refractivity contribution in [2.75, 3.05) is 44.9 Å². The molecule has 0 aliphatic heterocycles. The van der Waals surface area contributed by atoms with Crippen LogP contribution in [-0.4, -0.2) is 59.3 Å². The summed E-state index contributed by atoms with van der Waals surface area (Å²) in [6, 6.07) is 0. The van der Waals surface area contributed by atoms with E-state index in [2.05, 4.69) is 26.6 Å². The third kappa shape index (κ3) is 11.8. The lowest BCUT2D eigenvalue weighted by Crippen LogP contribution is -2.39. The second kappa shape index (κ2) is 9.55. The number of nitrogens with one attached hydrogen (secondary N) is 3. The summed E-state index contributed by atoms with van der Waals surface area (Å²) < 4.78 is 24.0. The van der Waals surface area contributed by atoms with E-state index in [1.165, 1.54) is 0 Å². The molecule has 0 aliphatic rings. The van der Waals surface area contributed by atoms with E-state index in [0.29, 0.717) is 13.1 Å². The summed E-state index contributed by atoms with van der Waals surface area (Å²) in [5.41, 5.74) is 0. The number of hydrogen-bond donors (Lipinski definition) is 3. The van der Waals surface area contributed by atoms with Crippen molar-refractivity contribution in [1.82, 2.24) is 15.4 Å². The van der Waals surface area contributed by atoms with E-state index in [-0.39, 0.29) is 0 Å². The molecular formula is C9H22N4O2S2. The minimum Gasteiger partial charge on any atom is -0.356 e. The van der Waals surface area contributed by atoms with Gasteiger partial charge in [0.2, 0.25) is 10.0 Å². The number of guanidine groups is 1. The maximum absolute atomic E-state index is 10.8. The highest BCUT2D eigenvalue weighted by Crippen LogP contribution is 1.87. The zero-order valence-electron chi connectivity index (χ0n) is 10.6. The monoisotopic (exact) mass is 282 g/mol. The van der Waals surface area contributed by atoms with Crippen molar-refractivity contribution in [3.8, 4) is 0 Å². The van der Waals surface area contributed by atoms with Crippen LogP contribution >= 0.6 is 11.8 Å². The summed E-state index contributed by atoms with van der Waals surface area (Å²) in [6.45, 7) is 1.98. The first kappa shape index (κ1) is 16.5. The Labute approximate surface area is 108 Å². The van der Waals surface area contributed by atoms with Crippen LogP contribution in [0.3, 0.4) is 0 Å². The fourth-order valence-electron chi connectivity index (χ4n) is 1.04. The van der Waals surface area contributed by atoms with Gasteiger partial charge >= 0.3 is 0 Å². The minimum atomic E-state index is -3.07. The Kier molecular flexibility index (Phi) is 9.28. The maximum Gasteiger partial charge on any atom is 0.208 e. The molecule has 0 saturated heterocycles. The van der Waals surface area contributed by atoms with Gasteiger partial charge in [0.1, 0.15) is 0 Å². The molecule has 0 bridgehead atoms. The van der Waals surface area contributed by atoms with Crippen molar-refractivity contribution >= 4 is 27.7 Å². The highest BCUT2D eigenvalue weighted by atomic mass is 32.2. The molecule has 0 rings (SSSR count). The van der Waals surface area contributed by atoms with Crippen LogP contribution < -0.4 is 15.4 Å². The van der Waals surface area contributed by atoms with Gasteiger partial charge in [-0.25, -0.2) is 13.1 Å². The van der Waals surface area contributed by atoms with E-state index in [1.807, 2.05) is 0 Å². The predicted molar refractivity (Wildman–Crippen MR) is 75.2 cm³/mol. The molecule has 0 radical (unpaired) electrons. The molecule has 0 spiro atoms. The summed E-state index contributed by atoms with van der Waals surface area (Å²) in [6.07, 6.45) is 3.92. The van der Waals surface area contributed by atoms with Gasteiger partial charge in [-0.3, -0.25) is 4.99 Å². The zero-order chi connectivity index (χ0) is 13.1.